The first kappa shape index (κ1) is 15.4. The van der Waals surface area contributed by atoms with Crippen molar-refractivity contribution in [2.75, 3.05) is 24.1 Å². The van der Waals surface area contributed by atoms with Crippen molar-refractivity contribution >= 4 is 17.5 Å². The Kier molecular flexibility index (Phi) is 4.55. The Labute approximate surface area is 125 Å². The summed E-state index contributed by atoms with van der Waals surface area (Å²) < 4.78 is 5.42. The van der Waals surface area contributed by atoms with Gasteiger partial charge in [0.05, 0.1) is 17.6 Å². The second-order valence-electron chi connectivity index (χ2n) is 6.37. The standard InChI is InChI=1S/C15H24N4O2/c1-15(2,3)21-14(20)19-8-4-5-11(10-19)18-13-9-17-7-6-12(13)16/h6-7,9,11,18H,4-5,8,10H2,1-3H3,(H2,16,17). The van der Waals surface area contributed by atoms with Crippen LogP contribution in [-0.4, -0.2) is 40.7 Å². The van der Waals surface area contributed by atoms with E-state index in [-0.39, 0.29) is 12.1 Å². The molecule has 6 nitrogen and oxygen atoms in total. The van der Waals surface area contributed by atoms with Crippen LogP contribution in [0, 0.1) is 0 Å². The van der Waals surface area contributed by atoms with Crippen molar-refractivity contribution in [3.05, 3.63) is 18.5 Å². The summed E-state index contributed by atoms with van der Waals surface area (Å²) in [5.41, 5.74) is 6.92. The van der Waals surface area contributed by atoms with E-state index >= 15 is 0 Å². The minimum atomic E-state index is -0.467. The van der Waals surface area contributed by atoms with Gasteiger partial charge in [0.15, 0.2) is 0 Å². The molecule has 0 aliphatic carbocycles. The van der Waals surface area contributed by atoms with Crippen molar-refractivity contribution in [3.8, 4) is 0 Å². The van der Waals surface area contributed by atoms with Crippen molar-refractivity contribution in [2.24, 2.45) is 0 Å². The Hall–Kier alpha value is -1.98. The molecule has 6 heteroatoms. The summed E-state index contributed by atoms with van der Waals surface area (Å²) in [7, 11) is 0. The van der Waals surface area contributed by atoms with Gasteiger partial charge in [0.25, 0.3) is 0 Å². The minimum absolute atomic E-state index is 0.165. The number of carbonyl (C=O) groups excluding carboxylic acids is 1. The van der Waals surface area contributed by atoms with Gasteiger partial charge < -0.3 is 20.7 Å². The van der Waals surface area contributed by atoms with Gasteiger partial charge in [-0.3, -0.25) is 4.98 Å². The van der Waals surface area contributed by atoms with Gasteiger partial charge in [0.1, 0.15) is 5.60 Å². The van der Waals surface area contributed by atoms with Crippen LogP contribution >= 0.6 is 0 Å². The quantitative estimate of drug-likeness (QED) is 0.875. The molecule has 0 saturated carbocycles. The number of aromatic nitrogens is 1. The van der Waals surface area contributed by atoms with Crippen LogP contribution in [0.5, 0.6) is 0 Å². The van der Waals surface area contributed by atoms with Gasteiger partial charge in [-0.05, 0) is 39.7 Å². The molecule has 0 radical (unpaired) electrons. The summed E-state index contributed by atoms with van der Waals surface area (Å²) in [6.07, 6.45) is 5.05. The van der Waals surface area contributed by atoms with Crippen LogP contribution in [0.1, 0.15) is 33.6 Å². The van der Waals surface area contributed by atoms with E-state index in [9.17, 15) is 4.79 Å². The zero-order chi connectivity index (χ0) is 15.5. The fourth-order valence-electron chi connectivity index (χ4n) is 2.33. The molecule has 21 heavy (non-hydrogen) atoms. The number of carbonyl (C=O) groups is 1. The van der Waals surface area contributed by atoms with Crippen LogP contribution in [0.4, 0.5) is 16.2 Å². The van der Waals surface area contributed by atoms with Gasteiger partial charge in [-0.2, -0.15) is 0 Å². The molecule has 1 unspecified atom stereocenters. The van der Waals surface area contributed by atoms with E-state index in [0.717, 1.165) is 25.1 Å². The lowest BCUT2D eigenvalue weighted by atomic mass is 10.1. The maximum Gasteiger partial charge on any atom is 0.410 e. The lowest BCUT2D eigenvalue weighted by Gasteiger charge is -2.34. The summed E-state index contributed by atoms with van der Waals surface area (Å²) in [6.45, 7) is 6.97. The summed E-state index contributed by atoms with van der Waals surface area (Å²) in [5, 5.41) is 3.36. The van der Waals surface area contributed by atoms with E-state index in [1.807, 2.05) is 20.8 Å². The molecule has 3 N–H and O–H groups in total. The third-order valence-corrected chi connectivity index (χ3v) is 3.29. The maximum absolute atomic E-state index is 12.1. The fraction of sp³-hybridized carbons (Fsp3) is 0.600. The summed E-state index contributed by atoms with van der Waals surface area (Å²) >= 11 is 0. The zero-order valence-corrected chi connectivity index (χ0v) is 12.9. The van der Waals surface area contributed by atoms with Crippen LogP contribution in [-0.2, 0) is 4.74 Å². The van der Waals surface area contributed by atoms with Crippen molar-refractivity contribution in [3.63, 3.8) is 0 Å². The van der Waals surface area contributed by atoms with Gasteiger partial charge in [0, 0.05) is 25.3 Å². The molecule has 0 aromatic carbocycles. The first-order valence-corrected chi connectivity index (χ1v) is 7.29. The second-order valence-corrected chi connectivity index (χ2v) is 6.37. The largest absolute Gasteiger partial charge is 0.444 e. The summed E-state index contributed by atoms with van der Waals surface area (Å²) in [5.74, 6) is 0. The first-order valence-electron chi connectivity index (χ1n) is 7.29. The van der Waals surface area contributed by atoms with Crippen molar-refractivity contribution in [2.45, 2.75) is 45.3 Å². The van der Waals surface area contributed by atoms with Crippen LogP contribution in [0.15, 0.2) is 18.5 Å². The smallest absolute Gasteiger partial charge is 0.410 e. The predicted octanol–water partition coefficient (Wildman–Crippen LogP) is 2.48. The molecule has 116 valence electrons. The van der Waals surface area contributed by atoms with Gasteiger partial charge in [-0.25, -0.2) is 4.79 Å². The molecule has 1 atom stereocenters. The minimum Gasteiger partial charge on any atom is -0.444 e. The number of hydrogen-bond donors (Lipinski definition) is 2. The third kappa shape index (κ3) is 4.51. The van der Waals surface area contributed by atoms with Crippen LogP contribution in [0.2, 0.25) is 0 Å². The Bertz CT molecular complexity index is 499. The second kappa shape index (κ2) is 6.20. The van der Waals surface area contributed by atoms with Crippen LogP contribution in [0.25, 0.3) is 0 Å². The average molecular weight is 292 g/mol. The molecule has 1 aliphatic heterocycles. The number of rotatable bonds is 2. The SMILES string of the molecule is CC(C)(C)OC(=O)N1CCCC(Nc2cnccc2N)C1. The van der Waals surface area contributed by atoms with E-state index in [1.165, 1.54) is 0 Å². The highest BCUT2D eigenvalue weighted by atomic mass is 16.6. The number of ether oxygens (including phenoxy) is 1. The number of nitrogens with two attached hydrogens (primary N) is 1. The van der Waals surface area contributed by atoms with Gasteiger partial charge in [-0.1, -0.05) is 0 Å². The average Bonchev–Trinajstić information content (AvgIpc) is 2.40. The normalized spacial score (nSPS) is 19.2. The molecule has 1 aliphatic rings. The lowest BCUT2D eigenvalue weighted by molar-refractivity contribution is 0.0206. The molecule has 0 spiro atoms. The molecule has 1 aromatic rings. The molecule has 1 aromatic heterocycles. The molecule has 2 heterocycles. The predicted molar refractivity (Wildman–Crippen MR) is 83.1 cm³/mol. The maximum atomic E-state index is 12.1. The number of amides is 1. The van der Waals surface area contributed by atoms with Crippen LogP contribution in [0.3, 0.4) is 0 Å². The Morgan fingerprint density at radius 2 is 2.29 bits per heavy atom. The number of nitrogens with zero attached hydrogens (tertiary/aromatic N) is 2. The topological polar surface area (TPSA) is 80.5 Å². The number of likely N-dealkylation sites (tertiary alicyclic amines) is 1. The number of anilines is 2. The first-order chi connectivity index (χ1) is 9.85. The number of piperidine rings is 1. The molecule has 1 fully saturated rings. The fourth-order valence-corrected chi connectivity index (χ4v) is 2.33. The Balaban J connectivity index is 1.95. The van der Waals surface area contributed by atoms with E-state index < -0.39 is 5.60 Å². The van der Waals surface area contributed by atoms with Crippen molar-refractivity contribution < 1.29 is 9.53 Å². The van der Waals surface area contributed by atoms with Crippen molar-refractivity contribution in [1.82, 2.24) is 9.88 Å². The zero-order valence-electron chi connectivity index (χ0n) is 12.9. The monoisotopic (exact) mass is 292 g/mol. The van der Waals surface area contributed by atoms with Gasteiger partial charge in [0.2, 0.25) is 0 Å². The highest BCUT2D eigenvalue weighted by Gasteiger charge is 2.27. The van der Waals surface area contributed by atoms with E-state index in [2.05, 4.69) is 10.3 Å². The number of nitrogens with one attached hydrogen (secondary N) is 1. The molecule has 1 amide bonds. The molecular formula is C15H24N4O2. The van der Waals surface area contributed by atoms with E-state index in [4.69, 9.17) is 10.5 Å². The molecular weight excluding hydrogens is 268 g/mol. The van der Waals surface area contributed by atoms with Gasteiger partial charge in [-0.15, -0.1) is 0 Å². The molecule has 2 rings (SSSR count). The molecule has 0 bridgehead atoms. The number of pyridine rings is 1. The van der Waals surface area contributed by atoms with E-state index in [0.29, 0.717) is 12.2 Å². The Morgan fingerprint density at radius 1 is 1.52 bits per heavy atom. The Morgan fingerprint density at radius 3 is 2.95 bits per heavy atom. The highest BCUT2D eigenvalue weighted by Crippen LogP contribution is 2.21. The third-order valence-electron chi connectivity index (χ3n) is 3.29. The summed E-state index contributed by atoms with van der Waals surface area (Å²) in [4.78, 5) is 17.9. The lowest BCUT2D eigenvalue weighted by Crippen LogP contribution is -2.47. The molecule has 1 saturated heterocycles. The van der Waals surface area contributed by atoms with E-state index in [1.54, 1.807) is 23.4 Å². The highest BCUT2D eigenvalue weighted by molar-refractivity contribution is 5.69. The van der Waals surface area contributed by atoms with Crippen LogP contribution < -0.4 is 11.1 Å². The number of hydrogen-bond acceptors (Lipinski definition) is 5. The van der Waals surface area contributed by atoms with Gasteiger partial charge >= 0.3 is 6.09 Å². The summed E-state index contributed by atoms with van der Waals surface area (Å²) in [6, 6.07) is 1.93. The number of nitrogen functional groups attached to an aromatic ring is 1. The van der Waals surface area contributed by atoms with Crippen molar-refractivity contribution in [1.29, 1.82) is 0 Å².